The maximum absolute atomic E-state index is 12.0. The Bertz CT molecular complexity index is 545. The van der Waals surface area contributed by atoms with Gasteiger partial charge < -0.3 is 9.84 Å². The van der Waals surface area contributed by atoms with Gasteiger partial charge in [-0.1, -0.05) is 96.8 Å². The SMILES string of the molecule is CCCCCCCCCCCCCCCCCC(=O)Oc1cc(CO)cnc1C. The standard InChI is InChI=1S/C25H43NO3/c1-3-4-5-6-7-8-9-10-11-12-13-14-15-16-17-18-25(28)29-24-19-23(21-27)20-26-22(24)2/h19-20,27H,3-18,21H2,1-2H3. The maximum Gasteiger partial charge on any atom is 0.311 e. The average molecular weight is 406 g/mol. The van der Waals surface area contributed by atoms with Crippen molar-refractivity contribution in [3.63, 3.8) is 0 Å². The molecule has 0 saturated heterocycles. The molecule has 0 aliphatic heterocycles. The Balaban J connectivity index is 1.91. The third-order valence-corrected chi connectivity index (χ3v) is 5.49. The lowest BCUT2D eigenvalue weighted by atomic mass is 10.0. The Kier molecular flexibility index (Phi) is 15.4. The van der Waals surface area contributed by atoms with E-state index >= 15 is 0 Å². The Labute approximate surface area is 178 Å². The summed E-state index contributed by atoms with van der Waals surface area (Å²) in [5, 5.41) is 9.16. The van der Waals surface area contributed by atoms with Crippen molar-refractivity contribution in [3.05, 3.63) is 23.5 Å². The highest BCUT2D eigenvalue weighted by Crippen LogP contribution is 2.19. The molecule has 0 saturated carbocycles. The number of aryl methyl sites for hydroxylation is 1. The number of aliphatic hydroxyl groups excluding tert-OH is 1. The molecule has 0 unspecified atom stereocenters. The number of pyridine rings is 1. The molecule has 1 aromatic heterocycles. The van der Waals surface area contributed by atoms with Crippen LogP contribution in [0.15, 0.2) is 12.3 Å². The summed E-state index contributed by atoms with van der Waals surface area (Å²) in [4.78, 5) is 16.1. The lowest BCUT2D eigenvalue weighted by molar-refractivity contribution is -0.134. The number of esters is 1. The van der Waals surface area contributed by atoms with Crippen LogP contribution >= 0.6 is 0 Å². The number of rotatable bonds is 18. The minimum Gasteiger partial charge on any atom is -0.425 e. The normalized spacial score (nSPS) is 11.0. The fourth-order valence-corrected chi connectivity index (χ4v) is 3.56. The van der Waals surface area contributed by atoms with Gasteiger partial charge in [0, 0.05) is 12.6 Å². The summed E-state index contributed by atoms with van der Waals surface area (Å²) < 4.78 is 5.39. The largest absolute Gasteiger partial charge is 0.425 e. The first kappa shape index (κ1) is 25.6. The van der Waals surface area contributed by atoms with Gasteiger partial charge in [0.05, 0.1) is 12.3 Å². The summed E-state index contributed by atoms with van der Waals surface area (Å²) in [6.07, 6.45) is 21.7. The zero-order chi connectivity index (χ0) is 21.2. The molecule has 166 valence electrons. The maximum atomic E-state index is 12.0. The van der Waals surface area contributed by atoms with Gasteiger partial charge in [-0.2, -0.15) is 0 Å². The van der Waals surface area contributed by atoms with Gasteiger partial charge in [-0.3, -0.25) is 9.78 Å². The van der Waals surface area contributed by atoms with E-state index in [1.807, 2.05) is 0 Å². The minimum absolute atomic E-state index is 0.100. The highest BCUT2D eigenvalue weighted by Gasteiger charge is 2.09. The topological polar surface area (TPSA) is 59.4 Å². The molecule has 0 fully saturated rings. The molecule has 0 aliphatic carbocycles. The average Bonchev–Trinajstić information content (AvgIpc) is 2.72. The second-order valence-electron chi connectivity index (χ2n) is 8.26. The van der Waals surface area contributed by atoms with E-state index < -0.39 is 0 Å². The molecule has 1 N–H and O–H groups in total. The highest BCUT2D eigenvalue weighted by atomic mass is 16.5. The Morgan fingerprint density at radius 2 is 1.34 bits per heavy atom. The van der Waals surface area contributed by atoms with Crippen LogP contribution in [-0.4, -0.2) is 16.1 Å². The first-order valence-corrected chi connectivity index (χ1v) is 11.9. The molecular weight excluding hydrogens is 362 g/mol. The number of carbonyl (C=O) groups excluding carboxylic acids is 1. The van der Waals surface area contributed by atoms with Gasteiger partial charge in [0.15, 0.2) is 5.75 Å². The van der Waals surface area contributed by atoms with Crippen LogP contribution in [0.4, 0.5) is 0 Å². The van der Waals surface area contributed by atoms with Gasteiger partial charge in [-0.25, -0.2) is 0 Å². The molecule has 4 heteroatoms. The van der Waals surface area contributed by atoms with Crippen molar-refractivity contribution in [2.24, 2.45) is 0 Å². The van der Waals surface area contributed by atoms with Crippen LogP contribution in [0.5, 0.6) is 5.75 Å². The number of nitrogens with zero attached hydrogens (tertiary/aromatic N) is 1. The predicted octanol–water partition coefficient (Wildman–Crippen LogP) is 7.05. The number of ether oxygens (including phenoxy) is 1. The van der Waals surface area contributed by atoms with Crippen molar-refractivity contribution in [1.82, 2.24) is 4.98 Å². The van der Waals surface area contributed by atoms with Crippen molar-refractivity contribution >= 4 is 5.97 Å². The molecule has 0 amide bonds. The van der Waals surface area contributed by atoms with E-state index in [-0.39, 0.29) is 12.6 Å². The van der Waals surface area contributed by atoms with Crippen molar-refractivity contribution in [2.45, 2.75) is 123 Å². The summed E-state index contributed by atoms with van der Waals surface area (Å²) in [7, 11) is 0. The Morgan fingerprint density at radius 1 is 0.862 bits per heavy atom. The first-order valence-electron chi connectivity index (χ1n) is 11.9. The van der Waals surface area contributed by atoms with Gasteiger partial charge in [0.25, 0.3) is 0 Å². The van der Waals surface area contributed by atoms with Gasteiger partial charge in [0.2, 0.25) is 0 Å². The van der Waals surface area contributed by atoms with Gasteiger partial charge in [-0.15, -0.1) is 0 Å². The summed E-state index contributed by atoms with van der Waals surface area (Å²) in [6.45, 7) is 3.97. The van der Waals surface area contributed by atoms with Crippen LogP contribution < -0.4 is 4.74 Å². The zero-order valence-corrected chi connectivity index (χ0v) is 18.9. The van der Waals surface area contributed by atoms with E-state index in [9.17, 15) is 4.79 Å². The van der Waals surface area contributed by atoms with Crippen LogP contribution in [0.2, 0.25) is 0 Å². The first-order chi connectivity index (χ1) is 14.2. The Morgan fingerprint density at radius 3 is 1.83 bits per heavy atom. The zero-order valence-electron chi connectivity index (χ0n) is 18.9. The molecule has 0 radical (unpaired) electrons. The lowest BCUT2D eigenvalue weighted by Crippen LogP contribution is -2.09. The van der Waals surface area contributed by atoms with Gasteiger partial charge >= 0.3 is 5.97 Å². The fraction of sp³-hybridized carbons (Fsp3) is 0.760. The van der Waals surface area contributed by atoms with E-state index in [1.54, 1.807) is 19.2 Å². The molecule has 29 heavy (non-hydrogen) atoms. The molecule has 0 aromatic carbocycles. The number of hydrogen-bond acceptors (Lipinski definition) is 4. The van der Waals surface area contributed by atoms with Gasteiger partial charge in [0.1, 0.15) is 0 Å². The van der Waals surface area contributed by atoms with Crippen LogP contribution in [-0.2, 0) is 11.4 Å². The molecule has 1 aromatic rings. The second-order valence-corrected chi connectivity index (χ2v) is 8.26. The molecule has 0 spiro atoms. The third-order valence-electron chi connectivity index (χ3n) is 5.49. The van der Waals surface area contributed by atoms with Crippen molar-refractivity contribution in [2.75, 3.05) is 0 Å². The van der Waals surface area contributed by atoms with Crippen LogP contribution in [0.25, 0.3) is 0 Å². The lowest BCUT2D eigenvalue weighted by Gasteiger charge is -2.08. The molecule has 0 bridgehead atoms. The number of aliphatic hydroxyl groups is 1. The third kappa shape index (κ3) is 13.4. The molecule has 0 aliphatic rings. The summed E-state index contributed by atoms with van der Waals surface area (Å²) in [6, 6.07) is 1.69. The number of hydrogen-bond donors (Lipinski definition) is 1. The highest BCUT2D eigenvalue weighted by molar-refractivity contribution is 5.72. The van der Waals surface area contributed by atoms with E-state index in [2.05, 4.69) is 11.9 Å². The van der Waals surface area contributed by atoms with E-state index in [1.165, 1.54) is 83.5 Å². The molecular formula is C25H43NO3. The van der Waals surface area contributed by atoms with E-state index in [0.717, 1.165) is 12.8 Å². The molecule has 1 rings (SSSR count). The quantitative estimate of drug-likeness (QED) is 0.210. The van der Waals surface area contributed by atoms with Crippen molar-refractivity contribution in [1.29, 1.82) is 0 Å². The second kappa shape index (κ2) is 17.4. The van der Waals surface area contributed by atoms with Crippen LogP contribution in [0.3, 0.4) is 0 Å². The molecule has 1 heterocycles. The van der Waals surface area contributed by atoms with Gasteiger partial charge in [-0.05, 0) is 25.0 Å². The Hall–Kier alpha value is -1.42. The fourth-order valence-electron chi connectivity index (χ4n) is 3.56. The molecule has 4 nitrogen and oxygen atoms in total. The van der Waals surface area contributed by atoms with E-state index in [0.29, 0.717) is 23.4 Å². The smallest absolute Gasteiger partial charge is 0.311 e. The summed E-state index contributed by atoms with van der Waals surface area (Å²) in [5.41, 5.74) is 1.33. The predicted molar refractivity (Wildman–Crippen MR) is 120 cm³/mol. The van der Waals surface area contributed by atoms with Crippen LogP contribution in [0, 0.1) is 6.92 Å². The van der Waals surface area contributed by atoms with Crippen molar-refractivity contribution < 1.29 is 14.6 Å². The number of unbranched alkanes of at least 4 members (excludes halogenated alkanes) is 14. The summed E-state index contributed by atoms with van der Waals surface area (Å²) >= 11 is 0. The minimum atomic E-state index is -0.209. The van der Waals surface area contributed by atoms with Crippen LogP contribution in [0.1, 0.15) is 121 Å². The monoisotopic (exact) mass is 405 g/mol. The van der Waals surface area contributed by atoms with E-state index in [4.69, 9.17) is 9.84 Å². The number of carbonyl (C=O) groups is 1. The van der Waals surface area contributed by atoms with Crippen molar-refractivity contribution in [3.8, 4) is 5.75 Å². The number of aromatic nitrogens is 1. The molecule has 0 atom stereocenters. The summed E-state index contributed by atoms with van der Waals surface area (Å²) in [5.74, 6) is 0.252.